The molecule has 1 aliphatic rings. The third-order valence-electron chi connectivity index (χ3n) is 3.48. The fourth-order valence-electron chi connectivity index (χ4n) is 2.11. The number of halogens is 1. The van der Waals surface area contributed by atoms with Crippen molar-refractivity contribution in [1.29, 1.82) is 0 Å². The molecule has 3 atom stereocenters. The molecule has 1 aliphatic carbocycles. The van der Waals surface area contributed by atoms with Crippen LogP contribution >= 0.6 is 15.9 Å². The summed E-state index contributed by atoms with van der Waals surface area (Å²) in [7, 11) is 1.59. The zero-order chi connectivity index (χ0) is 14.9. The summed E-state index contributed by atoms with van der Waals surface area (Å²) < 4.78 is 5.96. The lowest BCUT2D eigenvalue weighted by molar-refractivity contribution is -0.140. The number of hydrogen-bond donors (Lipinski definition) is 2. The van der Waals surface area contributed by atoms with Crippen molar-refractivity contribution in [2.45, 2.75) is 19.4 Å². The van der Waals surface area contributed by atoms with Crippen LogP contribution in [0.15, 0.2) is 22.7 Å². The fourth-order valence-corrected chi connectivity index (χ4v) is 2.67. The number of rotatable bonds is 5. The smallest absolute Gasteiger partial charge is 0.307 e. The molecule has 0 bridgehead atoms. The molecule has 1 aromatic rings. The van der Waals surface area contributed by atoms with Crippen molar-refractivity contribution in [3.63, 3.8) is 0 Å². The zero-order valence-corrected chi connectivity index (χ0v) is 12.8. The monoisotopic (exact) mass is 341 g/mol. The molecule has 0 heterocycles. The molecule has 1 aromatic carbocycles. The van der Waals surface area contributed by atoms with Crippen LogP contribution in [-0.4, -0.2) is 24.1 Å². The molecule has 108 valence electrons. The number of amides is 1. The van der Waals surface area contributed by atoms with Gasteiger partial charge in [0.1, 0.15) is 5.75 Å². The zero-order valence-electron chi connectivity index (χ0n) is 11.2. The van der Waals surface area contributed by atoms with Crippen LogP contribution < -0.4 is 10.1 Å². The summed E-state index contributed by atoms with van der Waals surface area (Å²) in [5.41, 5.74) is 0.929. The first-order valence-electron chi connectivity index (χ1n) is 6.30. The number of aliphatic carboxylic acids is 1. The van der Waals surface area contributed by atoms with Gasteiger partial charge in [-0.15, -0.1) is 0 Å². The van der Waals surface area contributed by atoms with E-state index in [1.165, 1.54) is 0 Å². The molecule has 1 amide bonds. The Kier molecular flexibility index (Phi) is 4.32. The van der Waals surface area contributed by atoms with E-state index in [2.05, 4.69) is 21.2 Å². The van der Waals surface area contributed by atoms with Crippen LogP contribution in [0, 0.1) is 11.8 Å². The largest absolute Gasteiger partial charge is 0.496 e. The Balaban J connectivity index is 1.98. The Morgan fingerprint density at radius 1 is 1.45 bits per heavy atom. The third-order valence-corrected chi connectivity index (χ3v) is 4.10. The lowest BCUT2D eigenvalue weighted by atomic mass is 10.1. The maximum absolute atomic E-state index is 11.9. The van der Waals surface area contributed by atoms with Gasteiger partial charge < -0.3 is 15.2 Å². The molecule has 0 aromatic heterocycles. The van der Waals surface area contributed by atoms with Crippen LogP contribution in [-0.2, 0) is 9.59 Å². The Morgan fingerprint density at radius 2 is 2.15 bits per heavy atom. The molecular formula is C14H16BrNO4. The van der Waals surface area contributed by atoms with Crippen molar-refractivity contribution in [1.82, 2.24) is 5.32 Å². The second-order valence-electron chi connectivity index (χ2n) is 4.91. The van der Waals surface area contributed by atoms with E-state index in [9.17, 15) is 9.59 Å². The van der Waals surface area contributed by atoms with Gasteiger partial charge in [-0.3, -0.25) is 9.59 Å². The van der Waals surface area contributed by atoms with Crippen LogP contribution in [0.2, 0.25) is 0 Å². The quantitative estimate of drug-likeness (QED) is 0.861. The van der Waals surface area contributed by atoms with Crippen molar-refractivity contribution in [2.24, 2.45) is 11.8 Å². The molecule has 0 spiro atoms. The summed E-state index contributed by atoms with van der Waals surface area (Å²) in [6.07, 6.45) is 0.431. The molecule has 0 radical (unpaired) electrons. The van der Waals surface area contributed by atoms with Gasteiger partial charge in [-0.1, -0.05) is 6.07 Å². The highest BCUT2D eigenvalue weighted by Gasteiger charge is 2.48. The predicted molar refractivity (Wildman–Crippen MR) is 76.5 cm³/mol. The summed E-state index contributed by atoms with van der Waals surface area (Å²) in [5.74, 6) is -1.29. The molecule has 1 fully saturated rings. The fraction of sp³-hybridized carbons (Fsp3) is 0.429. The van der Waals surface area contributed by atoms with Crippen molar-refractivity contribution in [3.05, 3.63) is 28.2 Å². The van der Waals surface area contributed by atoms with Gasteiger partial charge in [0, 0.05) is 0 Å². The van der Waals surface area contributed by atoms with Gasteiger partial charge >= 0.3 is 5.97 Å². The van der Waals surface area contributed by atoms with Gasteiger partial charge in [-0.2, -0.15) is 0 Å². The number of carbonyl (C=O) groups is 2. The van der Waals surface area contributed by atoms with Gasteiger partial charge in [-0.05, 0) is 47.0 Å². The average molecular weight is 342 g/mol. The first kappa shape index (κ1) is 14.8. The van der Waals surface area contributed by atoms with Crippen LogP contribution in [0.3, 0.4) is 0 Å². The second-order valence-corrected chi connectivity index (χ2v) is 5.77. The lowest BCUT2D eigenvalue weighted by Crippen LogP contribution is -2.29. The van der Waals surface area contributed by atoms with Gasteiger partial charge in [0.15, 0.2) is 0 Å². The highest BCUT2D eigenvalue weighted by atomic mass is 79.9. The maximum atomic E-state index is 11.9. The number of ether oxygens (including phenoxy) is 1. The van der Waals surface area contributed by atoms with Crippen LogP contribution in [0.4, 0.5) is 0 Å². The lowest BCUT2D eigenvalue weighted by Gasteiger charge is -2.15. The SMILES string of the molecule is COc1ccc([C@H](C)NC(=O)[C@H]2C[C@@H]2C(=O)O)cc1Br. The highest BCUT2D eigenvalue weighted by Crippen LogP contribution is 2.39. The number of nitrogens with one attached hydrogen (secondary N) is 1. The van der Waals surface area contributed by atoms with E-state index in [4.69, 9.17) is 9.84 Å². The molecule has 0 saturated heterocycles. The summed E-state index contributed by atoms with van der Waals surface area (Å²) in [4.78, 5) is 22.6. The standard InChI is InChI=1S/C14H16BrNO4/c1-7(8-3-4-12(20-2)11(15)5-8)16-13(17)9-6-10(9)14(18)19/h3-5,7,9-10H,6H2,1-2H3,(H,16,17)(H,18,19)/t7-,9-,10-/m0/s1. The van der Waals surface area contributed by atoms with E-state index >= 15 is 0 Å². The maximum Gasteiger partial charge on any atom is 0.307 e. The minimum atomic E-state index is -0.898. The molecule has 20 heavy (non-hydrogen) atoms. The first-order chi connectivity index (χ1) is 9.43. The van der Waals surface area contributed by atoms with Gasteiger partial charge in [0.2, 0.25) is 5.91 Å². The summed E-state index contributed by atoms with van der Waals surface area (Å²) in [6, 6.07) is 5.39. The Labute approximate surface area is 125 Å². The Bertz CT molecular complexity index is 546. The van der Waals surface area contributed by atoms with E-state index in [0.717, 1.165) is 15.8 Å². The average Bonchev–Trinajstić information content (AvgIpc) is 3.18. The van der Waals surface area contributed by atoms with Gasteiger partial charge in [0.25, 0.3) is 0 Å². The summed E-state index contributed by atoms with van der Waals surface area (Å²) >= 11 is 3.40. The van der Waals surface area contributed by atoms with E-state index in [-0.39, 0.29) is 11.9 Å². The van der Waals surface area contributed by atoms with E-state index in [0.29, 0.717) is 6.42 Å². The van der Waals surface area contributed by atoms with Gasteiger partial charge in [0.05, 0.1) is 29.5 Å². The highest BCUT2D eigenvalue weighted by molar-refractivity contribution is 9.10. The summed E-state index contributed by atoms with van der Waals surface area (Å²) in [5, 5.41) is 11.7. The summed E-state index contributed by atoms with van der Waals surface area (Å²) in [6.45, 7) is 1.87. The normalized spacial score (nSPS) is 21.9. The van der Waals surface area contributed by atoms with Crippen molar-refractivity contribution in [2.75, 3.05) is 7.11 Å². The molecule has 2 N–H and O–H groups in total. The topological polar surface area (TPSA) is 75.6 Å². The third kappa shape index (κ3) is 3.12. The molecule has 0 unspecified atom stereocenters. The first-order valence-corrected chi connectivity index (χ1v) is 7.10. The van der Waals surface area contributed by atoms with Crippen LogP contribution in [0.25, 0.3) is 0 Å². The van der Waals surface area contributed by atoms with Crippen molar-refractivity contribution < 1.29 is 19.4 Å². The number of benzene rings is 1. The van der Waals surface area contributed by atoms with Gasteiger partial charge in [-0.25, -0.2) is 0 Å². The van der Waals surface area contributed by atoms with Crippen LogP contribution in [0.5, 0.6) is 5.75 Å². The van der Waals surface area contributed by atoms with E-state index in [1.54, 1.807) is 7.11 Å². The molecule has 1 saturated carbocycles. The molecule has 5 nitrogen and oxygen atoms in total. The number of carboxylic acids is 1. The van der Waals surface area contributed by atoms with Crippen molar-refractivity contribution in [3.8, 4) is 5.75 Å². The number of methoxy groups -OCH3 is 1. The molecule has 6 heteroatoms. The van der Waals surface area contributed by atoms with Crippen molar-refractivity contribution >= 4 is 27.8 Å². The number of carbonyl (C=O) groups excluding carboxylic acids is 1. The second kappa shape index (κ2) is 5.83. The predicted octanol–water partition coefficient (Wildman–Crippen LogP) is 2.36. The molecular weight excluding hydrogens is 326 g/mol. The van der Waals surface area contributed by atoms with E-state index in [1.807, 2.05) is 25.1 Å². The van der Waals surface area contributed by atoms with E-state index < -0.39 is 17.8 Å². The molecule has 0 aliphatic heterocycles. The minimum absolute atomic E-state index is 0.181. The number of carboxylic acid groups (broad SMARTS) is 1. The van der Waals surface area contributed by atoms with Crippen LogP contribution in [0.1, 0.15) is 24.9 Å². The molecule has 2 rings (SSSR count). The Morgan fingerprint density at radius 3 is 2.65 bits per heavy atom. The minimum Gasteiger partial charge on any atom is -0.496 e. The number of hydrogen-bond acceptors (Lipinski definition) is 3. The Hall–Kier alpha value is -1.56.